The second-order valence-corrected chi connectivity index (χ2v) is 0. The zero-order valence-electron chi connectivity index (χ0n) is 1.12. The van der Waals surface area contributed by atoms with Gasteiger partial charge in [-0.15, -0.1) is 0 Å². The Bertz CT molecular complexity index is 8.00. The molecule has 0 fully saturated rings. The van der Waals surface area contributed by atoms with Crippen LogP contribution >= 0.6 is 0 Å². The summed E-state index contributed by atoms with van der Waals surface area (Å²) in [6.45, 7) is 0. The Balaban J connectivity index is 0. The third-order valence-corrected chi connectivity index (χ3v) is 0. The van der Waals surface area contributed by atoms with E-state index in [-0.39, 0.29) is 159 Å². The monoisotopic (exact) mass is 680 g/mol. The molecular weight excluding hydrogens is 680 g/mol. The second-order valence-electron chi connectivity index (χ2n) is 0. The van der Waals surface area contributed by atoms with Gasteiger partial charge in [-0.1, -0.05) is 0 Å². The number of hydrogen-bond acceptors (Lipinski definition) is 0. The molecule has 0 spiro atoms. The Morgan fingerprint density at radius 3 is 1.00 bits per heavy atom. The first-order valence-electron chi connectivity index (χ1n) is 0. The number of rotatable bonds is 0. The average Bonchev–Trinajstić information content (AvgIpc) is 0. The molecule has 0 aliphatic carbocycles. The maximum absolute atomic E-state index is 0. The van der Waals surface area contributed by atoms with Crippen molar-refractivity contribution in [3.8, 4) is 0 Å². The fourth-order valence-corrected chi connectivity index (χ4v) is 0. The van der Waals surface area contributed by atoms with E-state index < -0.39 is 0 Å². The first-order chi connectivity index (χ1) is 0. The molecule has 0 aromatic heterocycles. The van der Waals surface area contributed by atoms with Crippen molar-refractivity contribution in [2.45, 2.75) is 0 Å². The Hall–Kier alpha value is 5.26. The Morgan fingerprint density at radius 2 is 1.00 bits per heavy atom. The van der Waals surface area contributed by atoms with Crippen molar-refractivity contribution in [2.24, 2.45) is 0 Å². The molecule has 0 nitrogen and oxygen atoms in total. The van der Waals surface area contributed by atoms with Crippen LogP contribution in [0.4, 0.5) is 0 Å². The van der Waals surface area contributed by atoms with E-state index in [9.17, 15) is 0 Å². The predicted molar refractivity (Wildman–Crippen MR) is 0 cm³/mol. The molecule has 0 aromatic rings. The topological polar surface area (TPSA) is 0 Å². The van der Waals surface area contributed by atoms with E-state index in [1.165, 1.54) is 0 Å². The van der Waals surface area contributed by atoms with Gasteiger partial charge in [-0.25, -0.2) is 0 Å². The van der Waals surface area contributed by atoms with Crippen LogP contribution in [0, 0.1) is 159 Å². The van der Waals surface area contributed by atoms with Crippen molar-refractivity contribution in [1.82, 2.24) is 0 Å². The van der Waals surface area contributed by atoms with E-state index in [4.69, 9.17) is 0 Å². The zero-order valence-corrected chi connectivity index (χ0v) is 8.27. The molecule has 2 radical (unpaired) electrons. The SMILES string of the molecule is [Er].[Ho].[Lu].[Yb]. The molecule has 0 aliphatic rings. The van der Waals surface area contributed by atoms with Crippen molar-refractivity contribution in [2.75, 3.05) is 0 Å². The van der Waals surface area contributed by atoms with Gasteiger partial charge in [-0.2, -0.15) is 0 Å². The Kier molecular flexibility index (Phi) is 89.8. The summed E-state index contributed by atoms with van der Waals surface area (Å²) in [6.07, 6.45) is 0. The minimum absolute atomic E-state index is 0. The van der Waals surface area contributed by atoms with Gasteiger partial charge in [0.15, 0.2) is 0 Å². The summed E-state index contributed by atoms with van der Waals surface area (Å²) >= 11 is 0. The van der Waals surface area contributed by atoms with Crippen LogP contribution in [-0.4, -0.2) is 0 Å². The summed E-state index contributed by atoms with van der Waals surface area (Å²) in [5.74, 6) is 0. The van der Waals surface area contributed by atoms with Gasteiger partial charge < -0.3 is 0 Å². The van der Waals surface area contributed by atoms with Crippen molar-refractivity contribution in [1.29, 1.82) is 0 Å². The van der Waals surface area contributed by atoms with E-state index in [1.54, 1.807) is 0 Å². The summed E-state index contributed by atoms with van der Waals surface area (Å²) in [5.41, 5.74) is 0. The molecule has 4 heavy (non-hydrogen) atoms. The standard InChI is InChI=1S/Er.Ho.Lu.Yb. The minimum atomic E-state index is 0. The van der Waals surface area contributed by atoms with E-state index >= 15 is 0 Å². The fourth-order valence-electron chi connectivity index (χ4n) is 0. The van der Waals surface area contributed by atoms with E-state index in [1.807, 2.05) is 0 Å². The van der Waals surface area contributed by atoms with Crippen molar-refractivity contribution >= 4 is 0 Å². The molecular formula is ErHoLuYb. The van der Waals surface area contributed by atoms with Crippen LogP contribution in [-0.2, 0) is 0 Å². The normalized spacial score (nSPS) is 0. The summed E-state index contributed by atoms with van der Waals surface area (Å²) in [7, 11) is 0. The average molecular weight is 680 g/mol. The molecule has 0 heterocycles. The van der Waals surface area contributed by atoms with Crippen LogP contribution < -0.4 is 0 Å². The molecule has 0 saturated heterocycles. The van der Waals surface area contributed by atoms with Crippen LogP contribution in [0.15, 0.2) is 0 Å². The summed E-state index contributed by atoms with van der Waals surface area (Å²) in [5, 5.41) is 0. The molecule has 0 unspecified atom stereocenters. The second kappa shape index (κ2) is 15.7. The molecule has 0 N–H and O–H groups in total. The third kappa shape index (κ3) is 10.3. The molecule has 4 heteroatoms. The van der Waals surface area contributed by atoms with Crippen molar-refractivity contribution in [3.63, 3.8) is 0 Å². The Labute approximate surface area is 153 Å². The van der Waals surface area contributed by atoms with Crippen LogP contribution in [0.3, 0.4) is 0 Å². The summed E-state index contributed by atoms with van der Waals surface area (Å²) in [4.78, 5) is 0. The zero-order chi connectivity index (χ0) is 0. The summed E-state index contributed by atoms with van der Waals surface area (Å²) in [6, 6.07) is 0. The van der Waals surface area contributed by atoms with Crippen LogP contribution in [0.2, 0.25) is 0 Å². The van der Waals surface area contributed by atoms with Crippen molar-refractivity contribution < 1.29 is 159 Å². The van der Waals surface area contributed by atoms with Gasteiger partial charge in [0.2, 0.25) is 0 Å². The van der Waals surface area contributed by atoms with Crippen LogP contribution in [0.25, 0.3) is 0 Å². The van der Waals surface area contributed by atoms with E-state index in [2.05, 4.69) is 0 Å². The van der Waals surface area contributed by atoms with Gasteiger partial charge in [0.25, 0.3) is 0 Å². The summed E-state index contributed by atoms with van der Waals surface area (Å²) < 4.78 is 0. The van der Waals surface area contributed by atoms with Gasteiger partial charge in [-0.3, -0.25) is 0 Å². The van der Waals surface area contributed by atoms with Gasteiger partial charge in [0, 0.05) is 159 Å². The van der Waals surface area contributed by atoms with Crippen LogP contribution in [0.5, 0.6) is 0 Å². The molecule has 0 aromatic carbocycles. The van der Waals surface area contributed by atoms with Gasteiger partial charge >= 0.3 is 0 Å². The smallest absolute Gasteiger partial charge is 0 e. The molecule has 0 rings (SSSR count). The first-order valence-corrected chi connectivity index (χ1v) is 0. The Morgan fingerprint density at radius 1 is 1.00 bits per heavy atom. The fraction of sp³-hybridized carbons (Fsp3) is 0. The molecule has 52 valence electrons. The molecule has 0 saturated carbocycles. The third-order valence-electron chi connectivity index (χ3n) is 0. The van der Waals surface area contributed by atoms with Crippen LogP contribution in [0.1, 0.15) is 0 Å². The van der Waals surface area contributed by atoms with Gasteiger partial charge in [-0.05, 0) is 0 Å². The minimum Gasteiger partial charge on any atom is 0 e. The largest absolute Gasteiger partial charge is 0 e. The maximum Gasteiger partial charge on any atom is 0 e. The molecule has 0 atom stereocenters. The van der Waals surface area contributed by atoms with E-state index in [0.717, 1.165) is 0 Å². The van der Waals surface area contributed by atoms with Gasteiger partial charge in [0.1, 0.15) is 0 Å². The first kappa shape index (κ1) is 22.8. The predicted octanol–water partition coefficient (Wildman–Crippen LogP) is 0. The number of hydrogen-bond donors (Lipinski definition) is 0. The van der Waals surface area contributed by atoms with Crippen molar-refractivity contribution in [3.05, 3.63) is 0 Å². The van der Waals surface area contributed by atoms with E-state index in [0.29, 0.717) is 0 Å². The molecule has 0 bridgehead atoms. The molecule has 0 aliphatic heterocycles. The maximum atomic E-state index is 0. The molecule has 0 amide bonds. The van der Waals surface area contributed by atoms with Gasteiger partial charge in [0.05, 0.1) is 0 Å². The quantitative estimate of drug-likeness (QED) is 0.317.